The van der Waals surface area contributed by atoms with Crippen molar-refractivity contribution in [2.24, 2.45) is 5.92 Å². The monoisotopic (exact) mass is 387 g/mol. The lowest BCUT2D eigenvalue weighted by molar-refractivity contribution is -0.143. The zero-order valence-electron chi connectivity index (χ0n) is 15.4. The van der Waals surface area contributed by atoms with Crippen molar-refractivity contribution in [3.63, 3.8) is 0 Å². The van der Waals surface area contributed by atoms with Gasteiger partial charge in [0.1, 0.15) is 23.8 Å². The van der Waals surface area contributed by atoms with Crippen molar-refractivity contribution in [1.29, 1.82) is 0 Å². The molecule has 0 aliphatic rings. The highest BCUT2D eigenvalue weighted by Gasteiger charge is 2.24. The number of hydrogen-bond acceptors (Lipinski definition) is 6. The van der Waals surface area contributed by atoms with Crippen LogP contribution in [0.5, 0.6) is 11.5 Å². The minimum Gasteiger partial charge on any atom is -0.497 e. The van der Waals surface area contributed by atoms with Crippen LogP contribution in [0.15, 0.2) is 18.2 Å². The van der Waals surface area contributed by atoms with Gasteiger partial charge < -0.3 is 19.5 Å². The Balaban J connectivity index is 3.03. The van der Waals surface area contributed by atoms with Crippen LogP contribution in [-0.4, -0.2) is 62.6 Å². The maximum Gasteiger partial charge on any atom is 0.323 e. The predicted molar refractivity (Wildman–Crippen MR) is 96.1 cm³/mol. The van der Waals surface area contributed by atoms with Crippen LogP contribution in [-0.2, 0) is 26.0 Å². The molecule has 1 N–H and O–H groups in total. The van der Waals surface area contributed by atoms with Crippen LogP contribution in [0.1, 0.15) is 19.4 Å². The first kappa shape index (κ1) is 21.8. The van der Waals surface area contributed by atoms with E-state index in [1.807, 2.05) is 0 Å². The molecule has 8 nitrogen and oxygen atoms in total. The second kappa shape index (κ2) is 9.42. The van der Waals surface area contributed by atoms with Gasteiger partial charge in [0.2, 0.25) is 5.91 Å². The van der Waals surface area contributed by atoms with Gasteiger partial charge in [-0.2, -0.15) is 0 Å². The Kier molecular flexibility index (Phi) is 7.88. The lowest BCUT2D eigenvalue weighted by atomic mass is 10.2. The van der Waals surface area contributed by atoms with E-state index in [9.17, 15) is 18.0 Å². The summed E-state index contributed by atoms with van der Waals surface area (Å²) in [5.74, 6) is -2.00. The SMILES string of the molecule is COc1cc(CN(CC(=O)O)C(=O)CS(=O)(=O)CC(C)C)cc(OC)c1. The molecule has 1 aromatic rings. The summed E-state index contributed by atoms with van der Waals surface area (Å²) in [4.78, 5) is 24.5. The molecule has 0 saturated carbocycles. The Bertz CT molecular complexity index is 721. The average molecular weight is 387 g/mol. The number of nitrogens with zero attached hydrogens (tertiary/aromatic N) is 1. The number of carbonyl (C=O) groups is 2. The minimum atomic E-state index is -3.61. The maximum atomic E-state index is 12.4. The fraction of sp³-hybridized carbons (Fsp3) is 0.529. The Morgan fingerprint density at radius 2 is 1.65 bits per heavy atom. The third-order valence-electron chi connectivity index (χ3n) is 3.39. The topological polar surface area (TPSA) is 110 Å². The summed E-state index contributed by atoms with van der Waals surface area (Å²) < 4.78 is 34.4. The molecule has 0 aromatic heterocycles. The predicted octanol–water partition coefficient (Wildman–Crippen LogP) is 1.19. The Hall–Kier alpha value is -2.29. The molecule has 0 bridgehead atoms. The van der Waals surface area contributed by atoms with Crippen LogP contribution < -0.4 is 9.47 Å². The van der Waals surface area contributed by atoms with Gasteiger partial charge in [-0.1, -0.05) is 13.8 Å². The molecule has 0 aliphatic heterocycles. The number of hydrogen-bond donors (Lipinski definition) is 1. The number of rotatable bonds is 10. The van der Waals surface area contributed by atoms with Crippen molar-refractivity contribution in [3.05, 3.63) is 23.8 Å². The van der Waals surface area contributed by atoms with Crippen LogP contribution in [0.3, 0.4) is 0 Å². The van der Waals surface area contributed by atoms with Crippen LogP contribution in [0.2, 0.25) is 0 Å². The third-order valence-corrected chi connectivity index (χ3v) is 5.26. The Morgan fingerprint density at radius 1 is 1.12 bits per heavy atom. The minimum absolute atomic E-state index is 0.0735. The average Bonchev–Trinajstić information content (AvgIpc) is 2.51. The van der Waals surface area contributed by atoms with Gasteiger partial charge in [-0.3, -0.25) is 9.59 Å². The van der Waals surface area contributed by atoms with E-state index < -0.39 is 34.0 Å². The first-order chi connectivity index (χ1) is 12.1. The van der Waals surface area contributed by atoms with Crippen LogP contribution in [0, 0.1) is 5.92 Å². The zero-order valence-corrected chi connectivity index (χ0v) is 16.2. The van der Waals surface area contributed by atoms with Crippen LogP contribution in [0.4, 0.5) is 0 Å². The van der Waals surface area contributed by atoms with E-state index in [0.717, 1.165) is 4.90 Å². The van der Waals surface area contributed by atoms with Crippen molar-refractivity contribution in [2.75, 3.05) is 32.3 Å². The Morgan fingerprint density at radius 3 is 2.08 bits per heavy atom. The van der Waals surface area contributed by atoms with Gasteiger partial charge in [-0.25, -0.2) is 8.42 Å². The molecule has 146 valence electrons. The molecule has 1 amide bonds. The van der Waals surface area contributed by atoms with Gasteiger partial charge >= 0.3 is 5.97 Å². The molecule has 0 fully saturated rings. The van der Waals surface area contributed by atoms with Gasteiger partial charge in [-0.05, 0) is 23.6 Å². The molecule has 1 rings (SSSR count). The number of aliphatic carboxylic acids is 1. The van der Waals surface area contributed by atoms with Gasteiger partial charge in [0.15, 0.2) is 9.84 Å². The van der Waals surface area contributed by atoms with E-state index >= 15 is 0 Å². The highest BCUT2D eigenvalue weighted by atomic mass is 32.2. The quantitative estimate of drug-likeness (QED) is 0.642. The number of sulfone groups is 1. The summed E-state index contributed by atoms with van der Waals surface area (Å²) in [6.07, 6.45) is 0. The molecular weight excluding hydrogens is 362 g/mol. The third kappa shape index (κ3) is 7.30. The molecule has 9 heteroatoms. The maximum absolute atomic E-state index is 12.4. The van der Waals surface area contributed by atoms with E-state index in [2.05, 4.69) is 0 Å². The van der Waals surface area contributed by atoms with Crippen molar-refractivity contribution in [3.8, 4) is 11.5 Å². The molecule has 0 radical (unpaired) electrons. The van der Waals surface area contributed by atoms with Crippen LogP contribution in [0.25, 0.3) is 0 Å². The van der Waals surface area contributed by atoms with Gasteiger partial charge in [0.05, 0.1) is 20.0 Å². The summed E-state index contributed by atoms with van der Waals surface area (Å²) in [5, 5.41) is 9.06. The second-order valence-electron chi connectivity index (χ2n) is 6.31. The highest BCUT2D eigenvalue weighted by Crippen LogP contribution is 2.23. The van der Waals surface area contributed by atoms with Gasteiger partial charge in [0.25, 0.3) is 0 Å². The second-order valence-corrected chi connectivity index (χ2v) is 8.42. The lowest BCUT2D eigenvalue weighted by Crippen LogP contribution is -2.39. The number of carbonyl (C=O) groups excluding carboxylic acids is 1. The molecule has 0 spiro atoms. The summed E-state index contributed by atoms with van der Waals surface area (Å²) in [5.41, 5.74) is 0.567. The molecule has 1 aromatic carbocycles. The molecule has 0 heterocycles. The standard InChI is InChI=1S/C17H25NO7S/c1-12(2)10-26(22,23)11-16(19)18(9-17(20)21)8-13-5-14(24-3)7-15(6-13)25-4/h5-7,12H,8-11H2,1-4H3,(H,20,21). The summed E-state index contributed by atoms with van der Waals surface area (Å²) in [7, 11) is -0.673. The van der Waals surface area contributed by atoms with Crippen molar-refractivity contribution in [2.45, 2.75) is 20.4 Å². The fourth-order valence-corrected chi connectivity index (χ4v) is 4.11. The number of benzene rings is 1. The van der Waals surface area contributed by atoms with E-state index in [0.29, 0.717) is 17.1 Å². The van der Waals surface area contributed by atoms with E-state index in [1.54, 1.807) is 32.0 Å². The smallest absolute Gasteiger partial charge is 0.323 e. The van der Waals surface area contributed by atoms with Crippen molar-refractivity contribution < 1.29 is 32.6 Å². The molecule has 26 heavy (non-hydrogen) atoms. The fourth-order valence-electron chi connectivity index (χ4n) is 2.42. The number of ether oxygens (including phenoxy) is 2. The Labute approximate surface area is 153 Å². The highest BCUT2D eigenvalue weighted by molar-refractivity contribution is 7.92. The molecule has 0 saturated heterocycles. The zero-order chi connectivity index (χ0) is 19.9. The largest absolute Gasteiger partial charge is 0.497 e. The lowest BCUT2D eigenvalue weighted by Gasteiger charge is -2.22. The normalized spacial score (nSPS) is 11.3. The van der Waals surface area contributed by atoms with Gasteiger partial charge in [0, 0.05) is 12.6 Å². The van der Waals surface area contributed by atoms with Crippen molar-refractivity contribution >= 4 is 21.7 Å². The molecule has 0 unspecified atom stereocenters. The number of amides is 1. The summed E-state index contributed by atoms with van der Waals surface area (Å²) in [6, 6.07) is 4.90. The summed E-state index contributed by atoms with van der Waals surface area (Å²) in [6.45, 7) is 2.80. The number of carboxylic acid groups (broad SMARTS) is 1. The van der Waals surface area contributed by atoms with E-state index in [-0.39, 0.29) is 18.2 Å². The van der Waals surface area contributed by atoms with Gasteiger partial charge in [-0.15, -0.1) is 0 Å². The molecule has 0 aliphatic carbocycles. The summed E-state index contributed by atoms with van der Waals surface area (Å²) >= 11 is 0. The first-order valence-corrected chi connectivity index (χ1v) is 9.80. The van der Waals surface area contributed by atoms with E-state index in [1.165, 1.54) is 14.2 Å². The molecule has 0 atom stereocenters. The van der Waals surface area contributed by atoms with Crippen molar-refractivity contribution in [1.82, 2.24) is 4.90 Å². The number of carboxylic acids is 1. The number of methoxy groups -OCH3 is 2. The van der Waals surface area contributed by atoms with E-state index in [4.69, 9.17) is 14.6 Å². The molecular formula is C17H25NO7S. The van der Waals surface area contributed by atoms with Crippen LogP contribution >= 0.6 is 0 Å². The first-order valence-electron chi connectivity index (χ1n) is 7.98.